The van der Waals surface area contributed by atoms with Gasteiger partial charge in [0.25, 0.3) is 5.91 Å². The van der Waals surface area contributed by atoms with Crippen LogP contribution in [0.15, 0.2) is 65.1 Å². The van der Waals surface area contributed by atoms with Gasteiger partial charge in [-0.25, -0.2) is 0 Å². The number of fused-ring (bicyclic) bond motifs is 3. The molecule has 4 aromatic rings. The second kappa shape index (κ2) is 8.37. The van der Waals surface area contributed by atoms with Gasteiger partial charge in [-0.05, 0) is 50.2 Å². The van der Waals surface area contributed by atoms with E-state index in [9.17, 15) is 4.79 Å². The average Bonchev–Trinajstić information content (AvgIpc) is 3.12. The lowest BCUT2D eigenvalue weighted by Crippen LogP contribution is -2.30. The van der Waals surface area contributed by atoms with Crippen LogP contribution in [0.3, 0.4) is 0 Å². The first-order chi connectivity index (χ1) is 14.6. The molecule has 3 aromatic carbocycles. The van der Waals surface area contributed by atoms with Gasteiger partial charge in [-0.2, -0.15) is 0 Å². The first kappa shape index (κ1) is 19.6. The Hall–Kier alpha value is -3.67. The molecular weight excluding hydrogens is 382 g/mol. The first-order valence-electron chi connectivity index (χ1n) is 9.78. The number of methoxy groups -OCH3 is 1. The number of amides is 1. The van der Waals surface area contributed by atoms with Crippen LogP contribution in [0.2, 0.25) is 0 Å². The summed E-state index contributed by atoms with van der Waals surface area (Å²) < 4.78 is 22.6. The van der Waals surface area contributed by atoms with Crippen LogP contribution >= 0.6 is 0 Å². The quantitative estimate of drug-likeness (QED) is 0.446. The Kier molecular flexibility index (Phi) is 5.48. The fraction of sp³-hybridized carbons (Fsp3) is 0.208. The van der Waals surface area contributed by atoms with Crippen LogP contribution in [-0.4, -0.2) is 25.7 Å². The summed E-state index contributed by atoms with van der Waals surface area (Å²) in [5.41, 5.74) is 1.98. The van der Waals surface area contributed by atoms with E-state index in [0.717, 1.165) is 22.1 Å². The van der Waals surface area contributed by atoms with E-state index in [1.54, 1.807) is 32.2 Å². The van der Waals surface area contributed by atoms with Gasteiger partial charge in [0.05, 0.1) is 19.4 Å². The molecule has 1 amide bonds. The normalized spacial score (nSPS) is 12.0. The molecule has 0 bridgehead atoms. The largest absolute Gasteiger partial charge is 0.495 e. The summed E-state index contributed by atoms with van der Waals surface area (Å²) in [7, 11) is 1.57. The summed E-state index contributed by atoms with van der Waals surface area (Å²) in [5.74, 6) is 1.60. The molecule has 30 heavy (non-hydrogen) atoms. The number of hydrogen-bond acceptors (Lipinski definition) is 5. The third-order valence-corrected chi connectivity index (χ3v) is 4.77. The van der Waals surface area contributed by atoms with Crippen molar-refractivity contribution in [2.24, 2.45) is 0 Å². The summed E-state index contributed by atoms with van der Waals surface area (Å²) in [5, 5.41) is 4.80. The molecule has 6 heteroatoms. The van der Waals surface area contributed by atoms with Gasteiger partial charge in [-0.3, -0.25) is 4.79 Å². The molecule has 0 spiro atoms. The van der Waals surface area contributed by atoms with Crippen LogP contribution in [0.1, 0.15) is 13.8 Å². The van der Waals surface area contributed by atoms with E-state index in [4.69, 9.17) is 18.6 Å². The maximum Gasteiger partial charge on any atom is 0.265 e. The SMILES string of the molecule is CCOc1ccc(O[C@@H](C)C(=O)Nc2cc3oc4ccccc4c3cc2OC)cc1. The van der Waals surface area contributed by atoms with Crippen LogP contribution in [0.25, 0.3) is 21.9 Å². The molecule has 0 fully saturated rings. The molecule has 0 aliphatic heterocycles. The molecule has 0 aliphatic carbocycles. The maximum absolute atomic E-state index is 12.7. The Balaban J connectivity index is 1.53. The van der Waals surface area contributed by atoms with Gasteiger partial charge >= 0.3 is 0 Å². The van der Waals surface area contributed by atoms with Crippen molar-refractivity contribution in [3.8, 4) is 17.2 Å². The lowest BCUT2D eigenvalue weighted by molar-refractivity contribution is -0.122. The predicted octanol–water partition coefficient (Wildman–Crippen LogP) is 5.40. The minimum atomic E-state index is -0.709. The minimum Gasteiger partial charge on any atom is -0.495 e. The number of rotatable bonds is 7. The highest BCUT2D eigenvalue weighted by atomic mass is 16.5. The number of para-hydroxylation sites is 1. The molecule has 1 N–H and O–H groups in total. The van der Waals surface area contributed by atoms with Crippen molar-refractivity contribution in [1.82, 2.24) is 0 Å². The fourth-order valence-electron chi connectivity index (χ4n) is 3.29. The Morgan fingerprint density at radius 2 is 1.73 bits per heavy atom. The molecule has 1 aromatic heterocycles. The molecule has 0 unspecified atom stereocenters. The third kappa shape index (κ3) is 3.89. The fourth-order valence-corrected chi connectivity index (χ4v) is 3.29. The highest BCUT2D eigenvalue weighted by Gasteiger charge is 2.19. The second-order valence-electron chi connectivity index (χ2n) is 6.80. The van der Waals surface area contributed by atoms with Crippen molar-refractivity contribution in [3.05, 3.63) is 60.7 Å². The van der Waals surface area contributed by atoms with E-state index in [-0.39, 0.29) is 5.91 Å². The molecule has 0 radical (unpaired) electrons. The van der Waals surface area contributed by atoms with Gasteiger partial charge in [0.2, 0.25) is 0 Å². The van der Waals surface area contributed by atoms with Crippen molar-refractivity contribution in [2.75, 3.05) is 19.0 Å². The Morgan fingerprint density at radius 1 is 1.00 bits per heavy atom. The van der Waals surface area contributed by atoms with Gasteiger partial charge in [-0.1, -0.05) is 18.2 Å². The van der Waals surface area contributed by atoms with Gasteiger partial charge < -0.3 is 23.9 Å². The van der Waals surface area contributed by atoms with Crippen molar-refractivity contribution in [3.63, 3.8) is 0 Å². The Morgan fingerprint density at radius 3 is 2.47 bits per heavy atom. The zero-order valence-corrected chi connectivity index (χ0v) is 17.1. The molecular formula is C24H23NO5. The van der Waals surface area contributed by atoms with Crippen molar-refractivity contribution in [2.45, 2.75) is 20.0 Å². The second-order valence-corrected chi connectivity index (χ2v) is 6.80. The molecule has 0 saturated carbocycles. The van der Waals surface area contributed by atoms with Crippen molar-refractivity contribution < 1.29 is 23.4 Å². The van der Waals surface area contributed by atoms with Gasteiger partial charge in [0.1, 0.15) is 28.4 Å². The Bertz CT molecular complexity index is 1180. The van der Waals surface area contributed by atoms with Crippen molar-refractivity contribution >= 4 is 33.5 Å². The monoisotopic (exact) mass is 405 g/mol. The standard InChI is InChI=1S/C24H23NO5/c1-4-28-16-9-11-17(12-10-16)29-15(2)24(26)25-20-14-22-19(13-23(20)27-3)18-7-5-6-8-21(18)30-22/h5-15H,4H2,1-3H3,(H,25,26)/t15-/m0/s1. The van der Waals surface area contributed by atoms with Gasteiger partial charge in [0.15, 0.2) is 6.10 Å². The third-order valence-electron chi connectivity index (χ3n) is 4.77. The van der Waals surface area contributed by atoms with Crippen LogP contribution in [0.4, 0.5) is 5.69 Å². The average molecular weight is 405 g/mol. The molecule has 1 heterocycles. The summed E-state index contributed by atoms with van der Waals surface area (Å²) in [6, 6.07) is 18.6. The van der Waals surface area contributed by atoms with Crippen LogP contribution in [-0.2, 0) is 4.79 Å². The van der Waals surface area contributed by atoms with E-state index in [2.05, 4.69) is 5.32 Å². The molecule has 154 valence electrons. The van der Waals surface area contributed by atoms with E-state index in [0.29, 0.717) is 29.4 Å². The predicted molar refractivity (Wildman–Crippen MR) is 117 cm³/mol. The highest BCUT2D eigenvalue weighted by Crippen LogP contribution is 2.36. The first-order valence-corrected chi connectivity index (χ1v) is 9.78. The Labute approximate surface area is 174 Å². The summed E-state index contributed by atoms with van der Waals surface area (Å²) in [4.78, 5) is 12.7. The molecule has 1 atom stereocenters. The number of ether oxygens (including phenoxy) is 3. The minimum absolute atomic E-state index is 0.294. The topological polar surface area (TPSA) is 69.9 Å². The zero-order valence-electron chi connectivity index (χ0n) is 17.1. The summed E-state index contributed by atoms with van der Waals surface area (Å²) >= 11 is 0. The lowest BCUT2D eigenvalue weighted by Gasteiger charge is -2.16. The van der Waals surface area contributed by atoms with Crippen LogP contribution in [0, 0.1) is 0 Å². The van der Waals surface area contributed by atoms with E-state index >= 15 is 0 Å². The number of benzene rings is 3. The molecule has 0 aliphatic rings. The van der Waals surface area contributed by atoms with Gasteiger partial charge in [-0.15, -0.1) is 0 Å². The number of carbonyl (C=O) groups is 1. The smallest absolute Gasteiger partial charge is 0.265 e. The number of furan rings is 1. The summed E-state index contributed by atoms with van der Waals surface area (Å²) in [6.45, 7) is 4.21. The van der Waals surface area contributed by atoms with Crippen LogP contribution in [0.5, 0.6) is 17.2 Å². The van der Waals surface area contributed by atoms with Gasteiger partial charge in [0, 0.05) is 16.8 Å². The number of anilines is 1. The lowest BCUT2D eigenvalue weighted by atomic mass is 10.1. The van der Waals surface area contributed by atoms with Crippen molar-refractivity contribution in [1.29, 1.82) is 0 Å². The van der Waals surface area contributed by atoms with E-state index < -0.39 is 6.10 Å². The number of carbonyl (C=O) groups excluding carboxylic acids is 1. The highest BCUT2D eigenvalue weighted by molar-refractivity contribution is 6.08. The molecule has 4 rings (SSSR count). The summed E-state index contributed by atoms with van der Waals surface area (Å²) in [6.07, 6.45) is -0.709. The van der Waals surface area contributed by atoms with E-state index in [1.165, 1.54) is 0 Å². The molecule has 0 saturated heterocycles. The van der Waals surface area contributed by atoms with E-state index in [1.807, 2.05) is 49.4 Å². The zero-order chi connectivity index (χ0) is 21.1. The number of hydrogen-bond donors (Lipinski definition) is 1. The number of nitrogens with one attached hydrogen (secondary N) is 1. The molecule has 6 nitrogen and oxygen atoms in total. The van der Waals surface area contributed by atoms with Crippen LogP contribution < -0.4 is 19.5 Å². The maximum atomic E-state index is 12.7.